The molecule has 1 atom stereocenters. The van der Waals surface area contributed by atoms with Gasteiger partial charge in [0.05, 0.1) is 12.6 Å². The molecule has 2 rings (SSSR count). The third kappa shape index (κ3) is 3.57. The van der Waals surface area contributed by atoms with Gasteiger partial charge in [0.25, 0.3) is 5.91 Å². The van der Waals surface area contributed by atoms with Crippen molar-refractivity contribution in [3.63, 3.8) is 0 Å². The normalized spacial score (nSPS) is 20.2. The van der Waals surface area contributed by atoms with Gasteiger partial charge in [0.15, 0.2) is 0 Å². The minimum atomic E-state index is -0.0331. The second-order valence-electron chi connectivity index (χ2n) is 5.20. The van der Waals surface area contributed by atoms with E-state index in [0.29, 0.717) is 5.56 Å². The standard InChI is InChI=1S/C15H20BrNO2/c1-11-7-12(9-13(16)8-11)15(19)17-6-4-2-3-5-14(17)10-18/h7-9,14,18H,2-6,10H2,1H3. The lowest BCUT2D eigenvalue weighted by Gasteiger charge is -2.29. The number of benzene rings is 1. The van der Waals surface area contributed by atoms with Gasteiger partial charge < -0.3 is 10.0 Å². The van der Waals surface area contributed by atoms with Crippen molar-refractivity contribution in [1.82, 2.24) is 4.90 Å². The highest BCUT2D eigenvalue weighted by Crippen LogP contribution is 2.21. The Morgan fingerprint density at radius 1 is 1.37 bits per heavy atom. The van der Waals surface area contributed by atoms with Crippen LogP contribution in [0.15, 0.2) is 22.7 Å². The minimum absolute atomic E-state index is 0.0327. The number of carbonyl (C=O) groups excluding carboxylic acids is 1. The lowest BCUT2D eigenvalue weighted by Crippen LogP contribution is -2.42. The number of carbonyl (C=O) groups is 1. The fraction of sp³-hybridized carbons (Fsp3) is 0.533. The highest BCUT2D eigenvalue weighted by Gasteiger charge is 2.25. The lowest BCUT2D eigenvalue weighted by atomic mass is 10.1. The molecule has 0 bridgehead atoms. The highest BCUT2D eigenvalue weighted by molar-refractivity contribution is 9.10. The van der Waals surface area contributed by atoms with E-state index >= 15 is 0 Å². The summed E-state index contributed by atoms with van der Waals surface area (Å²) in [4.78, 5) is 14.5. The van der Waals surface area contributed by atoms with Crippen molar-refractivity contribution in [1.29, 1.82) is 0 Å². The Morgan fingerprint density at radius 2 is 2.16 bits per heavy atom. The van der Waals surface area contributed by atoms with E-state index in [-0.39, 0.29) is 18.6 Å². The van der Waals surface area contributed by atoms with Crippen LogP contribution in [-0.2, 0) is 0 Å². The summed E-state index contributed by atoms with van der Waals surface area (Å²) in [5, 5.41) is 9.49. The Bertz CT molecular complexity index is 441. The number of hydrogen-bond donors (Lipinski definition) is 1. The molecule has 0 aliphatic carbocycles. The van der Waals surface area contributed by atoms with Gasteiger partial charge in [-0.1, -0.05) is 28.8 Å². The number of aryl methyl sites for hydroxylation is 1. The molecule has 1 aromatic rings. The van der Waals surface area contributed by atoms with E-state index in [2.05, 4.69) is 15.9 Å². The molecule has 1 aromatic carbocycles. The molecule has 0 saturated carbocycles. The van der Waals surface area contributed by atoms with Gasteiger partial charge in [-0.3, -0.25) is 4.79 Å². The molecule has 1 amide bonds. The molecule has 1 aliphatic rings. The Kier molecular flexibility index (Phi) is 4.99. The number of aliphatic hydroxyl groups excluding tert-OH is 1. The SMILES string of the molecule is Cc1cc(Br)cc(C(=O)N2CCCCCC2CO)c1. The van der Waals surface area contributed by atoms with Crippen LogP contribution in [-0.4, -0.2) is 35.1 Å². The summed E-state index contributed by atoms with van der Waals surface area (Å²) in [5.41, 5.74) is 1.76. The number of halogens is 1. The average Bonchev–Trinajstić information content (AvgIpc) is 2.61. The molecule has 1 fully saturated rings. The first-order valence-electron chi connectivity index (χ1n) is 6.81. The molecular weight excluding hydrogens is 306 g/mol. The number of hydrogen-bond acceptors (Lipinski definition) is 2. The third-order valence-electron chi connectivity index (χ3n) is 3.64. The van der Waals surface area contributed by atoms with E-state index in [1.165, 1.54) is 0 Å². The molecule has 0 spiro atoms. The molecule has 3 nitrogen and oxygen atoms in total. The molecule has 1 unspecified atom stereocenters. The Morgan fingerprint density at radius 3 is 2.84 bits per heavy atom. The van der Waals surface area contributed by atoms with Crippen LogP contribution in [0.4, 0.5) is 0 Å². The zero-order valence-electron chi connectivity index (χ0n) is 11.2. The van der Waals surface area contributed by atoms with Crippen LogP contribution < -0.4 is 0 Å². The summed E-state index contributed by atoms with van der Waals surface area (Å²) in [5.74, 6) is 0.0327. The first kappa shape index (κ1) is 14.5. The van der Waals surface area contributed by atoms with Crippen molar-refractivity contribution in [2.45, 2.75) is 38.6 Å². The van der Waals surface area contributed by atoms with Crippen LogP contribution in [0, 0.1) is 6.92 Å². The summed E-state index contributed by atoms with van der Waals surface area (Å²) in [6, 6.07) is 5.72. The van der Waals surface area contributed by atoms with Crippen molar-refractivity contribution in [3.05, 3.63) is 33.8 Å². The lowest BCUT2D eigenvalue weighted by molar-refractivity contribution is 0.0599. The van der Waals surface area contributed by atoms with Crippen LogP contribution in [0.2, 0.25) is 0 Å². The van der Waals surface area contributed by atoms with E-state index in [4.69, 9.17) is 0 Å². The smallest absolute Gasteiger partial charge is 0.254 e. The van der Waals surface area contributed by atoms with E-state index in [1.54, 1.807) is 0 Å². The molecule has 1 saturated heterocycles. The van der Waals surface area contributed by atoms with Crippen molar-refractivity contribution in [3.8, 4) is 0 Å². The zero-order chi connectivity index (χ0) is 13.8. The third-order valence-corrected chi connectivity index (χ3v) is 4.10. The van der Waals surface area contributed by atoms with Gasteiger partial charge in [0.2, 0.25) is 0 Å². The van der Waals surface area contributed by atoms with Crippen LogP contribution >= 0.6 is 15.9 Å². The molecule has 4 heteroatoms. The zero-order valence-corrected chi connectivity index (χ0v) is 12.8. The van der Waals surface area contributed by atoms with Gasteiger partial charge in [-0.05, 0) is 43.5 Å². The maximum Gasteiger partial charge on any atom is 0.254 e. The first-order chi connectivity index (χ1) is 9.11. The van der Waals surface area contributed by atoms with Crippen LogP contribution in [0.1, 0.15) is 41.6 Å². The van der Waals surface area contributed by atoms with Crippen molar-refractivity contribution in [2.24, 2.45) is 0 Å². The topological polar surface area (TPSA) is 40.5 Å². The van der Waals surface area contributed by atoms with Gasteiger partial charge in [-0.15, -0.1) is 0 Å². The van der Waals surface area contributed by atoms with Gasteiger partial charge in [-0.2, -0.15) is 0 Å². The number of likely N-dealkylation sites (tertiary alicyclic amines) is 1. The van der Waals surface area contributed by atoms with Gasteiger partial charge in [0, 0.05) is 16.6 Å². The number of rotatable bonds is 2. The second-order valence-corrected chi connectivity index (χ2v) is 6.12. The maximum absolute atomic E-state index is 12.6. The van der Waals surface area contributed by atoms with Crippen molar-refractivity contribution in [2.75, 3.05) is 13.2 Å². The molecule has 1 N–H and O–H groups in total. The molecule has 0 aromatic heterocycles. The van der Waals surface area contributed by atoms with E-state index < -0.39 is 0 Å². The molecular formula is C15H20BrNO2. The second kappa shape index (κ2) is 6.53. The van der Waals surface area contributed by atoms with Crippen LogP contribution in [0.3, 0.4) is 0 Å². The van der Waals surface area contributed by atoms with Crippen LogP contribution in [0.25, 0.3) is 0 Å². The van der Waals surface area contributed by atoms with E-state index in [0.717, 1.165) is 42.3 Å². The number of nitrogens with zero attached hydrogens (tertiary/aromatic N) is 1. The Balaban J connectivity index is 2.25. The molecule has 1 heterocycles. The minimum Gasteiger partial charge on any atom is -0.394 e. The van der Waals surface area contributed by atoms with Gasteiger partial charge >= 0.3 is 0 Å². The quantitative estimate of drug-likeness (QED) is 0.907. The summed E-state index contributed by atoms with van der Waals surface area (Å²) in [7, 11) is 0. The number of amides is 1. The van der Waals surface area contributed by atoms with E-state index in [1.807, 2.05) is 30.0 Å². The monoisotopic (exact) mass is 325 g/mol. The molecule has 19 heavy (non-hydrogen) atoms. The Labute approximate surface area is 122 Å². The molecule has 0 radical (unpaired) electrons. The Hall–Kier alpha value is -0.870. The summed E-state index contributed by atoms with van der Waals surface area (Å²) >= 11 is 3.43. The van der Waals surface area contributed by atoms with Gasteiger partial charge in [-0.25, -0.2) is 0 Å². The molecule has 1 aliphatic heterocycles. The van der Waals surface area contributed by atoms with Gasteiger partial charge in [0.1, 0.15) is 0 Å². The maximum atomic E-state index is 12.6. The van der Waals surface area contributed by atoms with Crippen molar-refractivity contribution < 1.29 is 9.90 Å². The predicted molar refractivity (Wildman–Crippen MR) is 79.3 cm³/mol. The fourth-order valence-electron chi connectivity index (χ4n) is 2.66. The van der Waals surface area contributed by atoms with Crippen LogP contribution in [0.5, 0.6) is 0 Å². The van der Waals surface area contributed by atoms with E-state index in [9.17, 15) is 9.90 Å². The molecule has 104 valence electrons. The van der Waals surface area contributed by atoms with Crippen molar-refractivity contribution >= 4 is 21.8 Å². The predicted octanol–water partition coefficient (Wildman–Crippen LogP) is 3.13. The highest BCUT2D eigenvalue weighted by atomic mass is 79.9. The largest absolute Gasteiger partial charge is 0.394 e. The fourth-order valence-corrected chi connectivity index (χ4v) is 3.27. The summed E-state index contributed by atoms with van der Waals surface area (Å²) in [6.45, 7) is 2.78. The number of aliphatic hydroxyl groups is 1. The summed E-state index contributed by atoms with van der Waals surface area (Å²) < 4.78 is 0.922. The summed E-state index contributed by atoms with van der Waals surface area (Å²) in [6.07, 6.45) is 4.15. The first-order valence-corrected chi connectivity index (χ1v) is 7.60. The average molecular weight is 326 g/mol.